The van der Waals surface area contributed by atoms with Gasteiger partial charge in [0, 0.05) is 10.9 Å². The van der Waals surface area contributed by atoms with Gasteiger partial charge in [-0.1, -0.05) is 32.8 Å². The van der Waals surface area contributed by atoms with E-state index in [-0.39, 0.29) is 0 Å². The predicted octanol–water partition coefficient (Wildman–Crippen LogP) is 3.70. The topological polar surface area (TPSA) is 12.0 Å². The van der Waals surface area contributed by atoms with E-state index in [9.17, 15) is 0 Å². The van der Waals surface area contributed by atoms with E-state index >= 15 is 0 Å². The predicted molar refractivity (Wildman–Crippen MR) is 69.6 cm³/mol. The van der Waals surface area contributed by atoms with Crippen LogP contribution in [0.3, 0.4) is 0 Å². The van der Waals surface area contributed by atoms with Crippen molar-refractivity contribution in [2.45, 2.75) is 45.6 Å². The molecule has 1 heterocycles. The molecule has 0 fully saturated rings. The van der Waals surface area contributed by atoms with Crippen molar-refractivity contribution in [3.8, 4) is 0 Å². The highest BCUT2D eigenvalue weighted by Crippen LogP contribution is 2.17. The van der Waals surface area contributed by atoms with Gasteiger partial charge in [0.2, 0.25) is 0 Å². The normalized spacial score (nSPS) is 15.1. The monoisotopic (exact) mass is 225 g/mol. The highest BCUT2D eigenvalue weighted by Gasteiger charge is 2.11. The third-order valence-corrected chi connectivity index (χ3v) is 3.80. The Morgan fingerprint density at radius 3 is 2.80 bits per heavy atom. The fourth-order valence-electron chi connectivity index (χ4n) is 2.07. The number of rotatable bonds is 7. The van der Waals surface area contributed by atoms with E-state index in [0.717, 1.165) is 5.92 Å². The maximum absolute atomic E-state index is 3.44. The minimum atomic E-state index is 0.644. The third kappa shape index (κ3) is 4.80. The Kier molecular flexibility index (Phi) is 5.96. The van der Waals surface area contributed by atoms with Gasteiger partial charge in [0.15, 0.2) is 0 Å². The first-order valence-corrected chi connectivity index (χ1v) is 6.83. The van der Waals surface area contributed by atoms with Crippen molar-refractivity contribution in [1.82, 2.24) is 5.32 Å². The summed E-state index contributed by atoms with van der Waals surface area (Å²) in [5.41, 5.74) is 0. The molecular weight excluding hydrogens is 202 g/mol. The standard InChI is InChI=1S/C13H23NS/c1-4-6-11(2)9-12(14-3)10-13-7-5-8-15-13/h5,7-8,11-12,14H,4,6,9-10H2,1-3H3. The summed E-state index contributed by atoms with van der Waals surface area (Å²) in [5.74, 6) is 0.840. The van der Waals surface area contributed by atoms with Crippen molar-refractivity contribution in [2.75, 3.05) is 7.05 Å². The highest BCUT2D eigenvalue weighted by atomic mass is 32.1. The second-order valence-corrected chi connectivity index (χ2v) is 5.43. The maximum Gasteiger partial charge on any atom is 0.0115 e. The summed E-state index contributed by atoms with van der Waals surface area (Å²) in [4.78, 5) is 1.50. The molecule has 1 nitrogen and oxygen atoms in total. The van der Waals surface area contributed by atoms with Crippen LogP contribution in [0.25, 0.3) is 0 Å². The average Bonchev–Trinajstić information content (AvgIpc) is 2.70. The van der Waals surface area contributed by atoms with Gasteiger partial charge in [0.25, 0.3) is 0 Å². The molecule has 0 saturated carbocycles. The molecule has 2 atom stereocenters. The van der Waals surface area contributed by atoms with E-state index in [4.69, 9.17) is 0 Å². The molecule has 0 amide bonds. The number of thiophene rings is 1. The van der Waals surface area contributed by atoms with Gasteiger partial charge in [0.05, 0.1) is 0 Å². The third-order valence-electron chi connectivity index (χ3n) is 2.90. The molecule has 2 unspecified atom stereocenters. The van der Waals surface area contributed by atoms with Gasteiger partial charge in [-0.25, -0.2) is 0 Å². The molecule has 15 heavy (non-hydrogen) atoms. The Labute approximate surface area is 97.9 Å². The molecule has 0 saturated heterocycles. The molecule has 0 aliphatic carbocycles. The number of hydrogen-bond donors (Lipinski definition) is 1. The summed E-state index contributed by atoms with van der Waals surface area (Å²) in [6.45, 7) is 4.63. The van der Waals surface area contributed by atoms with Gasteiger partial charge < -0.3 is 5.32 Å². The van der Waals surface area contributed by atoms with Gasteiger partial charge in [-0.15, -0.1) is 11.3 Å². The van der Waals surface area contributed by atoms with Crippen LogP contribution >= 0.6 is 11.3 Å². The molecule has 1 aromatic heterocycles. The first-order chi connectivity index (χ1) is 7.26. The first-order valence-electron chi connectivity index (χ1n) is 5.95. The molecule has 0 radical (unpaired) electrons. The summed E-state index contributed by atoms with van der Waals surface area (Å²) in [5, 5.41) is 5.60. The lowest BCUT2D eigenvalue weighted by atomic mass is 9.95. The lowest BCUT2D eigenvalue weighted by molar-refractivity contribution is 0.398. The SMILES string of the molecule is CCCC(C)CC(Cc1cccs1)NC. The van der Waals surface area contributed by atoms with Gasteiger partial charge >= 0.3 is 0 Å². The van der Waals surface area contributed by atoms with E-state index in [0.29, 0.717) is 6.04 Å². The van der Waals surface area contributed by atoms with Crippen molar-refractivity contribution >= 4 is 11.3 Å². The smallest absolute Gasteiger partial charge is 0.0115 e. The van der Waals surface area contributed by atoms with Gasteiger partial charge in [-0.3, -0.25) is 0 Å². The quantitative estimate of drug-likeness (QED) is 0.746. The van der Waals surface area contributed by atoms with Crippen LogP contribution in [0.2, 0.25) is 0 Å². The second kappa shape index (κ2) is 7.02. The molecule has 1 aromatic rings. The second-order valence-electron chi connectivity index (χ2n) is 4.40. The zero-order valence-electron chi connectivity index (χ0n) is 10.1. The molecule has 0 bridgehead atoms. The largest absolute Gasteiger partial charge is 0.317 e. The van der Waals surface area contributed by atoms with Crippen molar-refractivity contribution in [3.63, 3.8) is 0 Å². The zero-order chi connectivity index (χ0) is 11.1. The van der Waals surface area contributed by atoms with E-state index in [2.05, 4.69) is 43.7 Å². The van der Waals surface area contributed by atoms with Crippen LogP contribution < -0.4 is 5.32 Å². The lowest BCUT2D eigenvalue weighted by Gasteiger charge is -2.19. The highest BCUT2D eigenvalue weighted by molar-refractivity contribution is 7.09. The van der Waals surface area contributed by atoms with Crippen molar-refractivity contribution < 1.29 is 0 Å². The molecular formula is C13H23NS. The molecule has 0 aromatic carbocycles. The van der Waals surface area contributed by atoms with Gasteiger partial charge in [-0.05, 0) is 37.3 Å². The minimum absolute atomic E-state index is 0.644. The van der Waals surface area contributed by atoms with Crippen LogP contribution in [0.15, 0.2) is 17.5 Å². The number of hydrogen-bond acceptors (Lipinski definition) is 2. The molecule has 2 heteroatoms. The summed E-state index contributed by atoms with van der Waals surface area (Å²) >= 11 is 1.87. The van der Waals surface area contributed by atoms with Crippen LogP contribution in [0, 0.1) is 5.92 Å². The Bertz CT molecular complexity index is 243. The molecule has 86 valence electrons. The zero-order valence-corrected chi connectivity index (χ0v) is 10.9. The summed E-state index contributed by atoms with van der Waals surface area (Å²) in [6, 6.07) is 5.02. The Hall–Kier alpha value is -0.340. The first kappa shape index (κ1) is 12.7. The molecule has 1 rings (SSSR count). The van der Waals surface area contributed by atoms with Crippen LogP contribution in [-0.2, 0) is 6.42 Å². The molecule has 0 aliphatic heterocycles. The molecule has 0 spiro atoms. The minimum Gasteiger partial charge on any atom is -0.317 e. The molecule has 1 N–H and O–H groups in total. The van der Waals surface area contributed by atoms with Crippen molar-refractivity contribution in [1.29, 1.82) is 0 Å². The number of likely N-dealkylation sites (N-methyl/N-ethyl adjacent to an activating group) is 1. The molecule has 0 aliphatic rings. The van der Waals surface area contributed by atoms with Gasteiger partial charge in [-0.2, -0.15) is 0 Å². The van der Waals surface area contributed by atoms with Gasteiger partial charge in [0.1, 0.15) is 0 Å². The van der Waals surface area contributed by atoms with Crippen LogP contribution in [0.5, 0.6) is 0 Å². The van der Waals surface area contributed by atoms with E-state index in [1.165, 1.54) is 30.6 Å². The summed E-state index contributed by atoms with van der Waals surface area (Å²) in [7, 11) is 2.08. The van der Waals surface area contributed by atoms with Crippen LogP contribution in [0.1, 0.15) is 38.0 Å². The Morgan fingerprint density at radius 1 is 1.47 bits per heavy atom. The maximum atomic E-state index is 3.44. The summed E-state index contributed by atoms with van der Waals surface area (Å²) in [6.07, 6.45) is 5.13. The summed E-state index contributed by atoms with van der Waals surface area (Å²) < 4.78 is 0. The Balaban J connectivity index is 2.35. The Morgan fingerprint density at radius 2 is 2.27 bits per heavy atom. The van der Waals surface area contributed by atoms with E-state index in [1.807, 2.05) is 11.3 Å². The van der Waals surface area contributed by atoms with E-state index < -0.39 is 0 Å². The fourth-order valence-corrected chi connectivity index (χ4v) is 2.86. The fraction of sp³-hybridized carbons (Fsp3) is 0.692. The number of nitrogens with one attached hydrogen (secondary N) is 1. The van der Waals surface area contributed by atoms with Crippen molar-refractivity contribution in [3.05, 3.63) is 22.4 Å². The van der Waals surface area contributed by atoms with Crippen LogP contribution in [-0.4, -0.2) is 13.1 Å². The average molecular weight is 225 g/mol. The van der Waals surface area contributed by atoms with Crippen LogP contribution in [0.4, 0.5) is 0 Å². The van der Waals surface area contributed by atoms with E-state index in [1.54, 1.807) is 0 Å². The lowest BCUT2D eigenvalue weighted by Crippen LogP contribution is -2.29. The van der Waals surface area contributed by atoms with Crippen molar-refractivity contribution in [2.24, 2.45) is 5.92 Å².